The number of nitrogens with one attached hydrogen (secondary N) is 2. The fourth-order valence-corrected chi connectivity index (χ4v) is 2.57. The van der Waals surface area contributed by atoms with Crippen LogP contribution >= 0.6 is 12.2 Å². The molecule has 1 atom stereocenters. The van der Waals surface area contributed by atoms with E-state index >= 15 is 0 Å². The maximum Gasteiger partial charge on any atom is 0.222 e. The normalized spacial score (nSPS) is 12.6. The summed E-state index contributed by atoms with van der Waals surface area (Å²) in [6.07, 6.45) is 1.39. The highest BCUT2D eigenvalue weighted by atomic mass is 32.1. The van der Waals surface area contributed by atoms with Crippen molar-refractivity contribution in [1.82, 2.24) is 14.9 Å². The molecule has 0 saturated heterocycles. The van der Waals surface area contributed by atoms with E-state index in [1.165, 1.54) is 0 Å². The number of benzene rings is 1. The highest BCUT2D eigenvalue weighted by molar-refractivity contribution is 7.71. The molecule has 108 valence electrons. The van der Waals surface area contributed by atoms with Crippen molar-refractivity contribution in [2.24, 2.45) is 0 Å². The van der Waals surface area contributed by atoms with Crippen molar-refractivity contribution in [3.05, 3.63) is 28.5 Å². The molecule has 0 radical (unpaired) electrons. The van der Waals surface area contributed by atoms with Gasteiger partial charge in [0.25, 0.3) is 0 Å². The molecule has 5 heteroatoms. The summed E-state index contributed by atoms with van der Waals surface area (Å²) < 4.78 is 2.68. The van der Waals surface area contributed by atoms with Crippen LogP contribution in [-0.4, -0.2) is 21.5 Å². The third kappa shape index (κ3) is 3.10. The van der Waals surface area contributed by atoms with E-state index in [1.54, 1.807) is 0 Å². The van der Waals surface area contributed by atoms with Crippen LogP contribution in [-0.2, 0) is 11.3 Å². The third-order valence-electron chi connectivity index (χ3n) is 3.58. The summed E-state index contributed by atoms with van der Waals surface area (Å²) in [5.41, 5.74) is 3.28. The summed E-state index contributed by atoms with van der Waals surface area (Å²) in [7, 11) is 0. The molecule has 0 fully saturated rings. The summed E-state index contributed by atoms with van der Waals surface area (Å²) in [5, 5.41) is 2.98. The second-order valence-corrected chi connectivity index (χ2v) is 5.57. The lowest BCUT2D eigenvalue weighted by atomic mass is 10.2. The third-order valence-corrected chi connectivity index (χ3v) is 3.90. The summed E-state index contributed by atoms with van der Waals surface area (Å²) in [6.45, 7) is 6.73. The number of fused-ring (bicyclic) bond motifs is 1. The van der Waals surface area contributed by atoms with Gasteiger partial charge in [0, 0.05) is 19.0 Å². The molecular weight excluding hydrogens is 270 g/mol. The van der Waals surface area contributed by atoms with Gasteiger partial charge in [-0.3, -0.25) is 4.79 Å². The zero-order chi connectivity index (χ0) is 14.7. The quantitative estimate of drug-likeness (QED) is 0.830. The standard InChI is InChI=1S/C15H21N3OS/c1-4-11(3)16-13(19)8-9-18-14-10(2)6-5-7-12(14)17-15(18)20/h5-7,11H,4,8-9H2,1-3H3,(H,16,19)(H,17,20). The van der Waals surface area contributed by atoms with E-state index in [2.05, 4.69) is 30.2 Å². The number of para-hydroxylation sites is 1. The fourth-order valence-electron chi connectivity index (χ4n) is 2.28. The Hall–Kier alpha value is -1.62. The molecule has 0 saturated carbocycles. The van der Waals surface area contributed by atoms with Crippen LogP contribution in [0, 0.1) is 11.7 Å². The minimum absolute atomic E-state index is 0.0733. The number of amides is 1. The number of aromatic amines is 1. The summed E-state index contributed by atoms with van der Waals surface area (Å²) in [6, 6.07) is 6.29. The SMILES string of the molecule is CCC(C)NC(=O)CCn1c(=S)[nH]c2cccc(C)c21. The van der Waals surface area contributed by atoms with E-state index in [0.717, 1.165) is 23.0 Å². The van der Waals surface area contributed by atoms with Gasteiger partial charge in [-0.05, 0) is 44.1 Å². The van der Waals surface area contributed by atoms with Crippen LogP contribution in [0.5, 0.6) is 0 Å². The van der Waals surface area contributed by atoms with E-state index in [4.69, 9.17) is 12.2 Å². The molecule has 1 unspecified atom stereocenters. The minimum Gasteiger partial charge on any atom is -0.354 e. The number of hydrogen-bond acceptors (Lipinski definition) is 2. The zero-order valence-electron chi connectivity index (χ0n) is 12.2. The molecule has 20 heavy (non-hydrogen) atoms. The lowest BCUT2D eigenvalue weighted by molar-refractivity contribution is -0.121. The number of nitrogens with zero attached hydrogens (tertiary/aromatic N) is 1. The second-order valence-electron chi connectivity index (χ2n) is 5.18. The van der Waals surface area contributed by atoms with Gasteiger partial charge in [-0.15, -0.1) is 0 Å². The average Bonchev–Trinajstić information content (AvgIpc) is 2.73. The molecule has 4 nitrogen and oxygen atoms in total. The Labute approximate surface area is 124 Å². The molecular formula is C15H21N3OS. The van der Waals surface area contributed by atoms with Gasteiger partial charge < -0.3 is 14.9 Å². The van der Waals surface area contributed by atoms with Crippen LogP contribution in [0.1, 0.15) is 32.3 Å². The van der Waals surface area contributed by atoms with E-state index in [1.807, 2.05) is 23.6 Å². The molecule has 2 N–H and O–H groups in total. The first kappa shape index (κ1) is 14.8. The molecule has 1 aromatic heterocycles. The lowest BCUT2D eigenvalue weighted by Gasteiger charge is -2.12. The van der Waals surface area contributed by atoms with Crippen LogP contribution in [0.4, 0.5) is 0 Å². The van der Waals surface area contributed by atoms with Gasteiger partial charge in [-0.1, -0.05) is 19.1 Å². The molecule has 1 amide bonds. The van der Waals surface area contributed by atoms with Crippen LogP contribution in [0.25, 0.3) is 11.0 Å². The first-order chi connectivity index (χ1) is 9.52. The minimum atomic E-state index is 0.0733. The number of rotatable bonds is 5. The largest absolute Gasteiger partial charge is 0.354 e. The van der Waals surface area contributed by atoms with Crippen molar-refractivity contribution < 1.29 is 4.79 Å². The number of carbonyl (C=O) groups is 1. The monoisotopic (exact) mass is 291 g/mol. The topological polar surface area (TPSA) is 49.8 Å². The Balaban J connectivity index is 2.16. The number of aromatic nitrogens is 2. The zero-order valence-corrected chi connectivity index (χ0v) is 13.0. The molecule has 2 rings (SSSR count). The van der Waals surface area contributed by atoms with Crippen molar-refractivity contribution in [1.29, 1.82) is 0 Å². The van der Waals surface area contributed by atoms with Crippen LogP contribution in [0.2, 0.25) is 0 Å². The number of H-pyrrole nitrogens is 1. The first-order valence-electron chi connectivity index (χ1n) is 7.00. The highest BCUT2D eigenvalue weighted by Gasteiger charge is 2.10. The van der Waals surface area contributed by atoms with Crippen molar-refractivity contribution in [2.45, 2.75) is 46.2 Å². The summed E-state index contributed by atoms with van der Waals surface area (Å²) in [4.78, 5) is 15.1. The van der Waals surface area contributed by atoms with Gasteiger partial charge >= 0.3 is 0 Å². The molecule has 0 aliphatic rings. The van der Waals surface area contributed by atoms with E-state index in [9.17, 15) is 4.79 Å². The average molecular weight is 291 g/mol. The van der Waals surface area contributed by atoms with Crippen LogP contribution in [0.3, 0.4) is 0 Å². The van der Waals surface area contributed by atoms with Crippen LogP contribution in [0.15, 0.2) is 18.2 Å². The molecule has 0 bridgehead atoms. The molecule has 1 heterocycles. The smallest absolute Gasteiger partial charge is 0.222 e. The summed E-state index contributed by atoms with van der Waals surface area (Å²) in [5.74, 6) is 0.0733. The predicted molar refractivity (Wildman–Crippen MR) is 84.4 cm³/mol. The first-order valence-corrected chi connectivity index (χ1v) is 7.41. The number of carbonyl (C=O) groups excluding carboxylic acids is 1. The molecule has 0 spiro atoms. The lowest BCUT2D eigenvalue weighted by Crippen LogP contribution is -2.32. The van der Waals surface area contributed by atoms with E-state index in [0.29, 0.717) is 17.7 Å². The molecule has 0 aliphatic heterocycles. The molecule has 0 aliphatic carbocycles. The maximum absolute atomic E-state index is 11.9. The van der Waals surface area contributed by atoms with Crippen molar-refractivity contribution in [2.75, 3.05) is 0 Å². The highest BCUT2D eigenvalue weighted by Crippen LogP contribution is 2.18. The Morgan fingerprint density at radius 2 is 2.25 bits per heavy atom. The van der Waals surface area contributed by atoms with Crippen molar-refractivity contribution >= 4 is 29.2 Å². The number of imidazole rings is 1. The van der Waals surface area contributed by atoms with Gasteiger partial charge in [0.1, 0.15) is 0 Å². The fraction of sp³-hybridized carbons (Fsp3) is 0.467. The van der Waals surface area contributed by atoms with Crippen molar-refractivity contribution in [3.8, 4) is 0 Å². The Kier molecular flexibility index (Phi) is 4.60. The number of aryl methyl sites for hydroxylation is 2. The Morgan fingerprint density at radius 1 is 1.50 bits per heavy atom. The van der Waals surface area contributed by atoms with Crippen LogP contribution < -0.4 is 5.32 Å². The molecule has 2 aromatic rings. The number of hydrogen-bond donors (Lipinski definition) is 2. The van der Waals surface area contributed by atoms with Gasteiger partial charge in [-0.25, -0.2) is 0 Å². The Bertz CT molecular complexity index is 671. The molecule has 1 aromatic carbocycles. The van der Waals surface area contributed by atoms with Gasteiger partial charge in [0.15, 0.2) is 4.77 Å². The summed E-state index contributed by atoms with van der Waals surface area (Å²) >= 11 is 5.35. The van der Waals surface area contributed by atoms with Gasteiger partial charge in [0.2, 0.25) is 5.91 Å². The van der Waals surface area contributed by atoms with Crippen molar-refractivity contribution in [3.63, 3.8) is 0 Å². The second kappa shape index (κ2) is 6.22. The Morgan fingerprint density at radius 3 is 2.95 bits per heavy atom. The van der Waals surface area contributed by atoms with Gasteiger partial charge in [0.05, 0.1) is 11.0 Å². The predicted octanol–water partition coefficient (Wildman–Crippen LogP) is 3.31. The van der Waals surface area contributed by atoms with E-state index < -0.39 is 0 Å². The maximum atomic E-state index is 11.9. The van der Waals surface area contributed by atoms with E-state index in [-0.39, 0.29) is 11.9 Å². The van der Waals surface area contributed by atoms with Gasteiger partial charge in [-0.2, -0.15) is 0 Å².